The van der Waals surface area contributed by atoms with Crippen molar-refractivity contribution in [1.82, 2.24) is 15.0 Å². The van der Waals surface area contributed by atoms with E-state index in [1.165, 1.54) is 6.08 Å². The minimum absolute atomic E-state index is 0.298. The highest BCUT2D eigenvalue weighted by atomic mass is 32.1. The fraction of sp³-hybridized carbons (Fsp3) is 0.179. The monoisotopic (exact) mass is 526 g/mol. The van der Waals surface area contributed by atoms with Gasteiger partial charge in [0.25, 0.3) is 0 Å². The SMILES string of the molecule is C=CC(=O)Nc1cc(Nc2nc(-c3c[nH]c4ccccc34)c3sccc3n2)c(OC)cc1N1CCOCC1. The van der Waals surface area contributed by atoms with Crippen LogP contribution in [0.4, 0.5) is 23.0 Å². The van der Waals surface area contributed by atoms with Crippen LogP contribution in [-0.2, 0) is 9.53 Å². The van der Waals surface area contributed by atoms with Gasteiger partial charge in [-0.3, -0.25) is 4.79 Å². The average molecular weight is 527 g/mol. The zero-order chi connectivity index (χ0) is 26.1. The Morgan fingerprint density at radius 3 is 2.84 bits per heavy atom. The number of methoxy groups -OCH3 is 1. The van der Waals surface area contributed by atoms with E-state index in [1.54, 1.807) is 18.4 Å². The number of anilines is 4. The van der Waals surface area contributed by atoms with Crippen LogP contribution in [0.2, 0.25) is 0 Å². The third-order valence-corrected chi connectivity index (χ3v) is 7.42. The minimum atomic E-state index is -0.298. The molecule has 3 N–H and O–H groups in total. The van der Waals surface area contributed by atoms with Crippen LogP contribution in [-0.4, -0.2) is 54.3 Å². The van der Waals surface area contributed by atoms with Crippen LogP contribution in [0.15, 0.2) is 66.7 Å². The van der Waals surface area contributed by atoms with Crippen molar-refractivity contribution in [2.24, 2.45) is 0 Å². The zero-order valence-electron chi connectivity index (χ0n) is 20.8. The molecule has 6 rings (SSSR count). The number of fused-ring (bicyclic) bond motifs is 2. The molecule has 0 aliphatic carbocycles. The number of H-pyrrole nitrogens is 1. The number of aromatic amines is 1. The van der Waals surface area contributed by atoms with Crippen LogP contribution in [0.1, 0.15) is 0 Å². The van der Waals surface area contributed by atoms with E-state index < -0.39 is 0 Å². The Morgan fingerprint density at radius 1 is 1.18 bits per heavy atom. The molecule has 4 heterocycles. The first-order valence-corrected chi connectivity index (χ1v) is 13.1. The summed E-state index contributed by atoms with van der Waals surface area (Å²) in [7, 11) is 1.62. The van der Waals surface area contributed by atoms with E-state index in [-0.39, 0.29) is 5.91 Å². The first-order valence-electron chi connectivity index (χ1n) is 12.2. The number of amides is 1. The van der Waals surface area contributed by atoms with Gasteiger partial charge in [0.15, 0.2) is 0 Å². The standard InChI is InChI=1S/C28H26N6O3S/c1-3-25(35)30-21-14-22(24(36-2)15-23(21)34-9-11-37-12-10-34)32-28-31-20-8-13-38-27(20)26(33-28)18-16-29-19-7-5-4-6-17(18)19/h3-8,13-16,29H,1,9-12H2,2H3,(H,30,35)(H,31,32,33). The van der Waals surface area contributed by atoms with E-state index in [2.05, 4.69) is 33.2 Å². The van der Waals surface area contributed by atoms with Crippen LogP contribution in [0.25, 0.3) is 32.4 Å². The highest BCUT2D eigenvalue weighted by Gasteiger charge is 2.21. The lowest BCUT2D eigenvalue weighted by molar-refractivity contribution is -0.111. The molecule has 1 fully saturated rings. The van der Waals surface area contributed by atoms with Gasteiger partial charge >= 0.3 is 0 Å². The van der Waals surface area contributed by atoms with E-state index in [4.69, 9.17) is 19.4 Å². The minimum Gasteiger partial charge on any atom is -0.494 e. The summed E-state index contributed by atoms with van der Waals surface area (Å²) in [6.07, 6.45) is 3.23. The lowest BCUT2D eigenvalue weighted by Gasteiger charge is -2.31. The highest BCUT2D eigenvalue weighted by Crippen LogP contribution is 2.40. The lowest BCUT2D eigenvalue weighted by Crippen LogP contribution is -2.36. The Labute approximate surface area is 223 Å². The van der Waals surface area contributed by atoms with Gasteiger partial charge < -0.3 is 30.0 Å². The second-order valence-corrected chi connectivity index (χ2v) is 9.68. The van der Waals surface area contributed by atoms with Gasteiger partial charge in [0.05, 0.1) is 53.3 Å². The summed E-state index contributed by atoms with van der Waals surface area (Å²) in [6, 6.07) is 13.9. The average Bonchev–Trinajstić information content (AvgIpc) is 3.60. The first-order chi connectivity index (χ1) is 18.6. The number of hydrogen-bond acceptors (Lipinski definition) is 8. The summed E-state index contributed by atoms with van der Waals surface area (Å²) < 4.78 is 12.3. The molecule has 3 aromatic heterocycles. The quantitative estimate of drug-likeness (QED) is 0.239. The number of ether oxygens (including phenoxy) is 2. The number of hydrogen-bond donors (Lipinski definition) is 3. The van der Waals surface area contributed by atoms with E-state index in [1.807, 2.05) is 48.0 Å². The second kappa shape index (κ2) is 10.2. The van der Waals surface area contributed by atoms with Gasteiger partial charge in [0.2, 0.25) is 11.9 Å². The Bertz CT molecular complexity index is 1650. The number of aromatic nitrogens is 3. The molecule has 1 saturated heterocycles. The van der Waals surface area contributed by atoms with Crippen molar-refractivity contribution in [3.05, 3.63) is 66.7 Å². The summed E-state index contributed by atoms with van der Waals surface area (Å²) in [5.41, 5.74) is 5.85. The Hall–Kier alpha value is -4.41. The van der Waals surface area contributed by atoms with Crippen molar-refractivity contribution >= 4 is 61.4 Å². The number of para-hydroxylation sites is 1. The van der Waals surface area contributed by atoms with Gasteiger partial charge in [-0.05, 0) is 29.7 Å². The number of carbonyl (C=O) groups excluding carboxylic acids is 1. The summed E-state index contributed by atoms with van der Waals surface area (Å²) in [4.78, 5) is 27.5. The van der Waals surface area contributed by atoms with Crippen LogP contribution in [0, 0.1) is 0 Å². The molecular weight excluding hydrogens is 500 g/mol. The number of benzene rings is 2. The van der Waals surface area contributed by atoms with Crippen LogP contribution >= 0.6 is 11.3 Å². The normalized spacial score (nSPS) is 13.6. The number of morpholine rings is 1. The van der Waals surface area contributed by atoms with Gasteiger partial charge in [0.1, 0.15) is 5.75 Å². The van der Waals surface area contributed by atoms with Crippen molar-refractivity contribution < 1.29 is 14.3 Å². The molecule has 0 saturated carbocycles. The van der Waals surface area contributed by atoms with Crippen molar-refractivity contribution in [1.29, 1.82) is 0 Å². The number of rotatable bonds is 7. The van der Waals surface area contributed by atoms with E-state index in [0.717, 1.165) is 38.1 Å². The largest absolute Gasteiger partial charge is 0.494 e. The lowest BCUT2D eigenvalue weighted by atomic mass is 10.1. The predicted octanol–water partition coefficient (Wildman–Crippen LogP) is 5.55. The molecule has 9 nitrogen and oxygen atoms in total. The molecular formula is C28H26N6O3S. The zero-order valence-corrected chi connectivity index (χ0v) is 21.6. The molecule has 10 heteroatoms. The van der Waals surface area contributed by atoms with Crippen LogP contribution in [0.5, 0.6) is 5.75 Å². The molecule has 192 valence electrons. The Balaban J connectivity index is 1.44. The molecule has 0 atom stereocenters. The fourth-order valence-electron chi connectivity index (χ4n) is 4.68. The van der Waals surface area contributed by atoms with Gasteiger partial charge in [-0.2, -0.15) is 0 Å². The van der Waals surface area contributed by atoms with Crippen molar-refractivity contribution in [2.75, 3.05) is 48.9 Å². The molecule has 0 unspecified atom stereocenters. The predicted molar refractivity (Wildman–Crippen MR) is 153 cm³/mol. The number of nitrogens with one attached hydrogen (secondary N) is 3. The molecule has 1 aliphatic heterocycles. The first kappa shape index (κ1) is 24.0. The summed E-state index contributed by atoms with van der Waals surface area (Å²) >= 11 is 1.61. The van der Waals surface area contributed by atoms with Crippen LogP contribution in [0.3, 0.4) is 0 Å². The maximum atomic E-state index is 12.3. The molecule has 5 aromatic rings. The number of nitrogens with zero attached hydrogens (tertiary/aromatic N) is 3. The third kappa shape index (κ3) is 4.44. The molecule has 0 bridgehead atoms. The third-order valence-electron chi connectivity index (χ3n) is 6.51. The van der Waals surface area contributed by atoms with Crippen molar-refractivity contribution in [3.8, 4) is 17.0 Å². The molecule has 1 amide bonds. The molecule has 38 heavy (non-hydrogen) atoms. The van der Waals surface area contributed by atoms with Gasteiger partial charge in [-0.25, -0.2) is 9.97 Å². The number of carbonyl (C=O) groups is 1. The van der Waals surface area contributed by atoms with Gasteiger partial charge in [-0.1, -0.05) is 24.8 Å². The molecule has 0 spiro atoms. The molecule has 0 radical (unpaired) electrons. The van der Waals surface area contributed by atoms with Crippen molar-refractivity contribution in [3.63, 3.8) is 0 Å². The van der Waals surface area contributed by atoms with Crippen molar-refractivity contribution in [2.45, 2.75) is 0 Å². The highest BCUT2D eigenvalue weighted by molar-refractivity contribution is 7.17. The fourth-order valence-corrected chi connectivity index (χ4v) is 5.51. The van der Waals surface area contributed by atoms with Crippen LogP contribution < -0.4 is 20.3 Å². The van der Waals surface area contributed by atoms with E-state index in [0.29, 0.717) is 49.4 Å². The smallest absolute Gasteiger partial charge is 0.247 e. The summed E-state index contributed by atoms with van der Waals surface area (Å²) in [5.74, 6) is 0.730. The maximum absolute atomic E-state index is 12.3. The summed E-state index contributed by atoms with van der Waals surface area (Å²) in [5, 5.41) is 9.39. The maximum Gasteiger partial charge on any atom is 0.247 e. The van der Waals surface area contributed by atoms with Gasteiger partial charge in [-0.15, -0.1) is 11.3 Å². The summed E-state index contributed by atoms with van der Waals surface area (Å²) in [6.45, 7) is 6.24. The molecule has 2 aromatic carbocycles. The van der Waals surface area contributed by atoms with E-state index in [9.17, 15) is 4.79 Å². The van der Waals surface area contributed by atoms with E-state index >= 15 is 0 Å². The topological polar surface area (TPSA) is 104 Å². The van der Waals surface area contributed by atoms with Gasteiger partial charge in [0, 0.05) is 41.8 Å². The Kier molecular flexibility index (Phi) is 6.40. The number of thiophene rings is 1. The molecule has 1 aliphatic rings. The second-order valence-electron chi connectivity index (χ2n) is 8.77. The Morgan fingerprint density at radius 2 is 2.03 bits per heavy atom.